The first-order chi connectivity index (χ1) is 6.13. The van der Waals surface area contributed by atoms with E-state index in [0.29, 0.717) is 0 Å². The van der Waals surface area contributed by atoms with E-state index in [1.165, 1.54) is 24.5 Å². The summed E-state index contributed by atoms with van der Waals surface area (Å²) in [5.41, 5.74) is 0.169. The van der Waals surface area contributed by atoms with Crippen LogP contribution in [0.5, 0.6) is 0 Å². The van der Waals surface area contributed by atoms with Gasteiger partial charge in [-0.1, -0.05) is 6.07 Å². The van der Waals surface area contributed by atoms with Crippen LogP contribution in [0, 0.1) is 0 Å². The van der Waals surface area contributed by atoms with Crippen LogP contribution < -0.4 is 0 Å². The van der Waals surface area contributed by atoms with Gasteiger partial charge >= 0.3 is 11.9 Å². The summed E-state index contributed by atoms with van der Waals surface area (Å²) in [6, 6.07) is 2.91. The van der Waals surface area contributed by atoms with Crippen molar-refractivity contribution in [2.75, 3.05) is 0 Å². The van der Waals surface area contributed by atoms with Gasteiger partial charge in [0.15, 0.2) is 5.92 Å². The predicted molar refractivity (Wildman–Crippen MR) is 42.2 cm³/mol. The monoisotopic (exact) mass is 181 g/mol. The van der Waals surface area contributed by atoms with Gasteiger partial charge in [0.05, 0.1) is 0 Å². The van der Waals surface area contributed by atoms with Crippen molar-refractivity contribution in [3.05, 3.63) is 30.1 Å². The van der Waals surface area contributed by atoms with Crippen LogP contribution in [0.15, 0.2) is 24.5 Å². The molecule has 1 rings (SSSR count). The highest BCUT2D eigenvalue weighted by Gasteiger charge is 2.27. The molecule has 0 saturated heterocycles. The van der Waals surface area contributed by atoms with Crippen molar-refractivity contribution in [3.63, 3.8) is 0 Å². The lowest BCUT2D eigenvalue weighted by atomic mass is 10.0. The summed E-state index contributed by atoms with van der Waals surface area (Å²) in [5, 5.41) is 17.2. The maximum atomic E-state index is 10.5. The number of carbonyl (C=O) groups is 2. The Balaban J connectivity index is 3.03. The molecule has 68 valence electrons. The Kier molecular flexibility index (Phi) is 2.59. The van der Waals surface area contributed by atoms with E-state index in [0.717, 1.165) is 0 Å². The zero-order chi connectivity index (χ0) is 9.84. The molecule has 13 heavy (non-hydrogen) atoms. The fraction of sp³-hybridized carbons (Fsp3) is 0.125. The molecule has 2 N–H and O–H groups in total. The highest BCUT2D eigenvalue weighted by atomic mass is 16.4. The summed E-state index contributed by atoms with van der Waals surface area (Å²) in [6.07, 6.45) is 2.68. The minimum Gasteiger partial charge on any atom is -0.480 e. The average Bonchev–Trinajstić information content (AvgIpc) is 2.04. The fourth-order valence-electron chi connectivity index (χ4n) is 0.938. The van der Waals surface area contributed by atoms with Gasteiger partial charge in [-0.3, -0.25) is 14.6 Å². The van der Waals surface area contributed by atoms with Crippen molar-refractivity contribution < 1.29 is 19.8 Å². The highest BCUT2D eigenvalue weighted by Crippen LogP contribution is 2.14. The second-order valence-corrected chi connectivity index (χ2v) is 2.40. The van der Waals surface area contributed by atoms with E-state index >= 15 is 0 Å². The van der Waals surface area contributed by atoms with Gasteiger partial charge in [-0.25, -0.2) is 0 Å². The molecule has 1 aromatic rings. The highest BCUT2D eigenvalue weighted by molar-refractivity contribution is 5.98. The number of rotatable bonds is 3. The molecule has 0 atom stereocenters. The van der Waals surface area contributed by atoms with Crippen LogP contribution in [-0.2, 0) is 9.59 Å². The SMILES string of the molecule is O=C(O)C(C(=O)O)c1cccnc1. The molecule has 1 heterocycles. The van der Waals surface area contributed by atoms with Gasteiger partial charge in [-0.05, 0) is 11.6 Å². The first-order valence-corrected chi connectivity index (χ1v) is 3.48. The Morgan fingerprint density at radius 3 is 2.31 bits per heavy atom. The van der Waals surface area contributed by atoms with Gasteiger partial charge in [0.2, 0.25) is 0 Å². The number of carboxylic acid groups (broad SMARTS) is 2. The molecule has 0 saturated carbocycles. The van der Waals surface area contributed by atoms with Crippen LogP contribution in [0.2, 0.25) is 0 Å². The minimum atomic E-state index is -1.53. The summed E-state index contributed by atoms with van der Waals surface area (Å²) in [7, 11) is 0. The van der Waals surface area contributed by atoms with E-state index in [1.807, 2.05) is 0 Å². The second-order valence-electron chi connectivity index (χ2n) is 2.40. The van der Waals surface area contributed by atoms with E-state index in [4.69, 9.17) is 10.2 Å². The summed E-state index contributed by atoms with van der Waals surface area (Å²) in [4.78, 5) is 24.7. The normalized spacial score (nSPS) is 9.92. The Bertz CT molecular complexity index is 308. The molecule has 0 aliphatic rings. The standard InChI is InChI=1S/C8H7NO4/c10-7(11)6(8(12)13)5-2-1-3-9-4-5/h1-4,6H,(H,10,11)(H,12,13). The molecule has 0 fully saturated rings. The van der Waals surface area contributed by atoms with Crippen LogP contribution in [0.3, 0.4) is 0 Å². The molecule has 0 spiro atoms. The molecule has 0 unspecified atom stereocenters. The Morgan fingerprint density at radius 1 is 1.31 bits per heavy atom. The molecule has 0 aliphatic heterocycles. The van der Waals surface area contributed by atoms with E-state index < -0.39 is 17.9 Å². The largest absolute Gasteiger partial charge is 0.480 e. The van der Waals surface area contributed by atoms with Gasteiger partial charge < -0.3 is 10.2 Å². The number of aromatic nitrogens is 1. The molecule has 0 radical (unpaired) electrons. The Labute approximate surface area is 73.7 Å². The van der Waals surface area contributed by atoms with E-state index in [9.17, 15) is 9.59 Å². The molecule has 0 aromatic carbocycles. The van der Waals surface area contributed by atoms with Crippen molar-refractivity contribution in [2.24, 2.45) is 0 Å². The lowest BCUT2D eigenvalue weighted by Crippen LogP contribution is -2.21. The summed E-state index contributed by atoms with van der Waals surface area (Å²) in [5.74, 6) is -4.31. The quantitative estimate of drug-likeness (QED) is 0.656. The van der Waals surface area contributed by atoms with Crippen LogP contribution in [0.25, 0.3) is 0 Å². The smallest absolute Gasteiger partial charge is 0.322 e. The number of hydrogen-bond donors (Lipinski definition) is 2. The third-order valence-corrected chi connectivity index (χ3v) is 1.51. The number of aliphatic carboxylic acids is 2. The molecule has 5 heteroatoms. The predicted octanol–water partition coefficient (Wildman–Crippen LogP) is 0.334. The zero-order valence-corrected chi connectivity index (χ0v) is 6.54. The fourth-order valence-corrected chi connectivity index (χ4v) is 0.938. The Hall–Kier alpha value is -1.91. The summed E-state index contributed by atoms with van der Waals surface area (Å²) < 4.78 is 0. The number of carboxylic acids is 2. The van der Waals surface area contributed by atoms with Gasteiger partial charge in [0, 0.05) is 12.4 Å². The molecule has 5 nitrogen and oxygen atoms in total. The zero-order valence-electron chi connectivity index (χ0n) is 6.54. The number of pyridine rings is 1. The van der Waals surface area contributed by atoms with Crippen molar-refractivity contribution in [2.45, 2.75) is 5.92 Å². The van der Waals surface area contributed by atoms with Gasteiger partial charge in [-0.2, -0.15) is 0 Å². The Morgan fingerprint density at radius 2 is 1.92 bits per heavy atom. The van der Waals surface area contributed by atoms with Gasteiger partial charge in [0.1, 0.15) is 0 Å². The molecule has 0 amide bonds. The minimum absolute atomic E-state index is 0.169. The molecule has 0 aliphatic carbocycles. The van der Waals surface area contributed by atoms with E-state index in [1.54, 1.807) is 0 Å². The van der Waals surface area contributed by atoms with Gasteiger partial charge in [-0.15, -0.1) is 0 Å². The van der Waals surface area contributed by atoms with E-state index in [-0.39, 0.29) is 5.56 Å². The third-order valence-electron chi connectivity index (χ3n) is 1.51. The molecule has 0 bridgehead atoms. The first kappa shape index (κ1) is 9.18. The lowest BCUT2D eigenvalue weighted by molar-refractivity contribution is -0.150. The molecular weight excluding hydrogens is 174 g/mol. The molecular formula is C8H7NO4. The third kappa shape index (κ3) is 2.02. The van der Waals surface area contributed by atoms with Gasteiger partial charge in [0.25, 0.3) is 0 Å². The van der Waals surface area contributed by atoms with E-state index in [2.05, 4.69) is 4.98 Å². The topological polar surface area (TPSA) is 87.5 Å². The van der Waals surface area contributed by atoms with Crippen molar-refractivity contribution in [3.8, 4) is 0 Å². The van der Waals surface area contributed by atoms with Crippen LogP contribution in [0.1, 0.15) is 11.5 Å². The van der Waals surface area contributed by atoms with Crippen LogP contribution in [-0.4, -0.2) is 27.1 Å². The summed E-state index contributed by atoms with van der Waals surface area (Å²) in [6.45, 7) is 0. The first-order valence-electron chi connectivity index (χ1n) is 3.48. The number of nitrogens with zero attached hydrogens (tertiary/aromatic N) is 1. The average molecular weight is 181 g/mol. The number of hydrogen-bond acceptors (Lipinski definition) is 3. The van der Waals surface area contributed by atoms with Crippen molar-refractivity contribution in [1.29, 1.82) is 0 Å². The lowest BCUT2D eigenvalue weighted by Gasteiger charge is -2.05. The van der Waals surface area contributed by atoms with Crippen LogP contribution in [0.4, 0.5) is 0 Å². The van der Waals surface area contributed by atoms with Crippen molar-refractivity contribution >= 4 is 11.9 Å². The summed E-state index contributed by atoms with van der Waals surface area (Å²) >= 11 is 0. The van der Waals surface area contributed by atoms with Crippen LogP contribution >= 0.6 is 0 Å². The van der Waals surface area contributed by atoms with Crippen molar-refractivity contribution in [1.82, 2.24) is 4.98 Å². The second kappa shape index (κ2) is 3.66. The maximum Gasteiger partial charge on any atom is 0.322 e. The maximum absolute atomic E-state index is 10.5. The molecule has 1 aromatic heterocycles.